The Kier molecular flexibility index (Phi) is 14.1. The number of ether oxygens (including phenoxy) is 1. The molecule has 0 saturated heterocycles. The van der Waals surface area contributed by atoms with Crippen molar-refractivity contribution in [1.29, 1.82) is 0 Å². The molecule has 2 aromatic rings. The molecule has 0 fully saturated rings. The zero-order chi connectivity index (χ0) is 32.3. The van der Waals surface area contributed by atoms with Crippen molar-refractivity contribution < 1.29 is 32.0 Å². The number of rotatable bonds is 16. The monoisotopic (exact) mass is 654 g/mol. The van der Waals surface area contributed by atoms with Crippen LogP contribution in [0, 0.1) is 5.92 Å². The molecule has 1 aliphatic rings. The molecule has 0 heterocycles. The maximum atomic E-state index is 14.7. The molecule has 3 rings (SSSR count). The summed E-state index contributed by atoms with van der Waals surface area (Å²) in [5.74, 6) is -0.409. The van der Waals surface area contributed by atoms with Gasteiger partial charge in [-0.25, -0.2) is 4.39 Å². The summed E-state index contributed by atoms with van der Waals surface area (Å²) in [7, 11) is 0. The predicted molar refractivity (Wildman–Crippen MR) is 173 cm³/mol. The molecule has 2 aromatic carbocycles. The lowest BCUT2D eigenvalue weighted by Crippen LogP contribution is -2.37. The number of aliphatic hydroxyl groups is 1. The van der Waals surface area contributed by atoms with E-state index in [9.17, 15) is 27.2 Å². The normalized spacial score (nSPS) is 18.3. The fraction of sp³-hybridized carbons (Fsp3) is 0.412. The molecule has 0 radical (unpaired) electrons. The molecular formula is C34H41ClF4NO3S+. The van der Waals surface area contributed by atoms with Gasteiger partial charge in [-0.3, -0.25) is 4.90 Å². The van der Waals surface area contributed by atoms with E-state index < -0.39 is 46.8 Å². The van der Waals surface area contributed by atoms with E-state index in [0.29, 0.717) is 24.4 Å². The second kappa shape index (κ2) is 17.2. The highest BCUT2D eigenvalue weighted by Gasteiger charge is 2.36. The first-order valence-corrected chi connectivity index (χ1v) is 16.5. The van der Waals surface area contributed by atoms with E-state index in [2.05, 4.69) is 11.5 Å². The third-order valence-electron chi connectivity index (χ3n) is 7.47. The number of hydrogen-bond donors (Lipinski definition) is 2. The van der Waals surface area contributed by atoms with Gasteiger partial charge in [-0.2, -0.15) is 17.7 Å². The van der Waals surface area contributed by atoms with Crippen LogP contribution in [0.3, 0.4) is 0 Å². The van der Waals surface area contributed by atoms with Crippen molar-refractivity contribution in [3.63, 3.8) is 0 Å². The summed E-state index contributed by atoms with van der Waals surface area (Å²) in [5, 5.41) is 7.75. The molecule has 1 aliphatic carbocycles. The minimum Gasteiger partial charge on any atom is -0.497 e. The third kappa shape index (κ3) is 11.1. The van der Waals surface area contributed by atoms with Gasteiger partial charge in [-0.1, -0.05) is 86.3 Å². The topological polar surface area (TPSA) is 52.9 Å². The van der Waals surface area contributed by atoms with Crippen molar-refractivity contribution in [2.45, 2.75) is 42.5 Å². The van der Waals surface area contributed by atoms with Crippen LogP contribution in [0.5, 0.6) is 0 Å². The third-order valence-corrected chi connectivity index (χ3v) is 9.18. The lowest BCUT2D eigenvalue weighted by Gasteiger charge is -2.32. The van der Waals surface area contributed by atoms with Gasteiger partial charge in [0.1, 0.15) is 29.0 Å². The molecule has 4 nitrogen and oxygen atoms in total. The van der Waals surface area contributed by atoms with E-state index in [4.69, 9.17) is 16.3 Å². The molecule has 0 bridgehead atoms. The Labute approximate surface area is 265 Å². The summed E-state index contributed by atoms with van der Waals surface area (Å²) in [5.41, 5.74) is 2.71. The van der Waals surface area contributed by atoms with Crippen LogP contribution in [0.2, 0.25) is 0 Å². The van der Waals surface area contributed by atoms with Crippen LogP contribution >= 0.6 is 11.6 Å². The van der Waals surface area contributed by atoms with Crippen LogP contribution in [0.15, 0.2) is 108 Å². The van der Waals surface area contributed by atoms with Gasteiger partial charge in [0.25, 0.3) is 0 Å². The summed E-state index contributed by atoms with van der Waals surface area (Å²) in [6, 6.07) is 19.9. The van der Waals surface area contributed by atoms with Crippen LogP contribution in [-0.2, 0) is 15.9 Å². The highest BCUT2D eigenvalue weighted by molar-refractivity contribution is 7.91. The average Bonchev–Trinajstić information content (AvgIpc) is 2.98. The molecule has 4 atom stereocenters. The molecule has 240 valence electrons. The maximum absolute atomic E-state index is 14.7. The largest absolute Gasteiger partial charge is 0.497 e. The van der Waals surface area contributed by atoms with Crippen molar-refractivity contribution in [1.82, 2.24) is 4.90 Å². The summed E-state index contributed by atoms with van der Waals surface area (Å²) < 4.78 is 70.7. The number of halogens is 5. The molecule has 0 aliphatic heterocycles. The number of hydrogen-bond acceptors (Lipinski definition) is 4. The van der Waals surface area contributed by atoms with Gasteiger partial charge in [0.05, 0.1) is 31.4 Å². The standard InChI is InChI=1S/C34H41ClF4NO3S/c1-4-11-27(31(35)18-34(37,38)39)20-40(21-29(25-12-7-5-8-13-25)26-14-9-6-10-15-26)19-24(2)23-43-28-16-32(36)30(22-41)33(17-28)44(3)42/h4-16,24,29,31,33,41-42H,1,17-23H2,2-3H3/q+1. The lowest BCUT2D eigenvalue weighted by atomic mass is 9.90. The number of allylic oxidation sites excluding steroid dienone is 5. The number of alkyl halides is 4. The Balaban J connectivity index is 1.86. The van der Waals surface area contributed by atoms with Crippen LogP contribution in [0.4, 0.5) is 17.6 Å². The maximum Gasteiger partial charge on any atom is 0.390 e. The fourth-order valence-corrected chi connectivity index (χ4v) is 6.66. The van der Waals surface area contributed by atoms with E-state index in [1.54, 1.807) is 12.3 Å². The van der Waals surface area contributed by atoms with Gasteiger partial charge in [-0.15, -0.1) is 11.6 Å². The first kappa shape index (κ1) is 35.9. The zero-order valence-corrected chi connectivity index (χ0v) is 26.6. The molecule has 2 N–H and O–H groups in total. The summed E-state index contributed by atoms with van der Waals surface area (Å²) >= 11 is 5.17. The predicted octanol–water partition coefficient (Wildman–Crippen LogP) is 8.04. The van der Waals surface area contributed by atoms with Gasteiger partial charge >= 0.3 is 6.18 Å². The SMILES string of the molecule is C=CC=C(CN(CC(C)COC1=CC(F)=C(CO)C([S+](C)O)C1)CC(c1ccccc1)c1ccccc1)C(Cl)CC(F)(F)F. The summed E-state index contributed by atoms with van der Waals surface area (Å²) in [6.45, 7) is 6.52. The van der Waals surface area contributed by atoms with Crippen LogP contribution in [-0.4, -0.2) is 70.5 Å². The minimum absolute atomic E-state index is 0.0723. The smallest absolute Gasteiger partial charge is 0.390 e. The van der Waals surface area contributed by atoms with E-state index in [1.165, 1.54) is 12.2 Å². The van der Waals surface area contributed by atoms with Crippen LogP contribution in [0.25, 0.3) is 0 Å². The Morgan fingerprint density at radius 2 is 1.70 bits per heavy atom. The van der Waals surface area contributed by atoms with Gasteiger partial charge in [0.15, 0.2) is 5.25 Å². The zero-order valence-electron chi connectivity index (χ0n) is 25.0. The molecule has 0 spiro atoms. The Bertz CT molecular complexity index is 1240. The van der Waals surface area contributed by atoms with E-state index in [0.717, 1.165) is 11.1 Å². The molecule has 0 amide bonds. The fourth-order valence-electron chi connectivity index (χ4n) is 5.34. The van der Waals surface area contributed by atoms with Crippen molar-refractivity contribution >= 4 is 22.8 Å². The second-order valence-electron chi connectivity index (χ2n) is 11.1. The summed E-state index contributed by atoms with van der Waals surface area (Å²) in [6.07, 6.45) is 0.509. The minimum atomic E-state index is -4.42. The quantitative estimate of drug-likeness (QED) is 0.0833. The molecule has 44 heavy (non-hydrogen) atoms. The molecule has 0 aromatic heterocycles. The van der Waals surface area contributed by atoms with Gasteiger partial charge in [-0.05, 0) is 16.7 Å². The first-order chi connectivity index (χ1) is 20.9. The van der Waals surface area contributed by atoms with Crippen molar-refractivity contribution in [2.75, 3.05) is 39.1 Å². The van der Waals surface area contributed by atoms with E-state index >= 15 is 0 Å². The van der Waals surface area contributed by atoms with Crippen LogP contribution in [0.1, 0.15) is 36.8 Å². The summed E-state index contributed by atoms with van der Waals surface area (Å²) in [4.78, 5) is 2.08. The Morgan fingerprint density at radius 1 is 1.11 bits per heavy atom. The number of benzene rings is 2. The lowest BCUT2D eigenvalue weighted by molar-refractivity contribution is -0.133. The average molecular weight is 655 g/mol. The highest BCUT2D eigenvalue weighted by Crippen LogP contribution is 2.32. The molecule has 4 unspecified atom stereocenters. The first-order valence-electron chi connectivity index (χ1n) is 14.4. The van der Waals surface area contributed by atoms with E-state index in [-0.39, 0.29) is 37.0 Å². The number of aliphatic hydroxyl groups excluding tert-OH is 1. The molecule has 0 saturated carbocycles. The Morgan fingerprint density at radius 3 is 2.20 bits per heavy atom. The highest BCUT2D eigenvalue weighted by atomic mass is 35.5. The van der Waals surface area contributed by atoms with Gasteiger partial charge < -0.3 is 9.84 Å². The van der Waals surface area contributed by atoms with Crippen molar-refractivity contribution in [3.05, 3.63) is 119 Å². The molecular weight excluding hydrogens is 614 g/mol. The number of nitrogens with zero attached hydrogens (tertiary/aromatic N) is 1. The van der Waals surface area contributed by atoms with Gasteiger partial charge in [0.2, 0.25) is 0 Å². The van der Waals surface area contributed by atoms with Crippen molar-refractivity contribution in [2.24, 2.45) is 5.92 Å². The van der Waals surface area contributed by atoms with Crippen molar-refractivity contribution in [3.8, 4) is 0 Å². The van der Waals surface area contributed by atoms with E-state index in [1.807, 2.05) is 67.6 Å². The second-order valence-corrected chi connectivity index (χ2v) is 13.2. The van der Waals surface area contributed by atoms with Gasteiger partial charge in [0, 0.05) is 43.1 Å². The molecule has 10 heteroatoms. The Hall–Kier alpha value is -2.56. The van der Waals surface area contributed by atoms with Crippen LogP contribution < -0.4 is 0 Å².